The highest BCUT2D eigenvalue weighted by Gasteiger charge is 2.66. The molecule has 0 saturated heterocycles. The molecule has 0 spiro atoms. The number of allylic oxidation sites excluding steroid dienone is 2. The average Bonchev–Trinajstić information content (AvgIpc) is 2.72. The van der Waals surface area contributed by atoms with Gasteiger partial charge in [-0.05, 0) is 114 Å². The topological polar surface area (TPSA) is 40.5 Å². The predicted octanol–water partition coefficient (Wildman–Crippen LogP) is 7.14. The van der Waals surface area contributed by atoms with E-state index in [1.54, 1.807) is 5.57 Å². The minimum Gasteiger partial charge on any atom is -0.396 e. The Hall–Kier alpha value is -0.340. The van der Waals surface area contributed by atoms with Gasteiger partial charge < -0.3 is 10.2 Å². The molecule has 0 aliphatic heterocycles. The van der Waals surface area contributed by atoms with Gasteiger partial charge in [0.1, 0.15) is 0 Å². The molecule has 0 aromatic carbocycles. The molecule has 2 nitrogen and oxygen atoms in total. The third kappa shape index (κ3) is 2.84. The lowest BCUT2D eigenvalue weighted by Gasteiger charge is -2.70. The van der Waals surface area contributed by atoms with Crippen molar-refractivity contribution in [1.29, 1.82) is 0 Å². The number of fused-ring (bicyclic) bond motifs is 7. The summed E-state index contributed by atoms with van der Waals surface area (Å²) in [5.41, 5.74) is 3.24. The monoisotopic (exact) mass is 442 g/mol. The summed E-state index contributed by atoms with van der Waals surface area (Å²) >= 11 is 0. The summed E-state index contributed by atoms with van der Waals surface area (Å²) < 4.78 is 0. The third-order valence-electron chi connectivity index (χ3n) is 13.0. The van der Waals surface area contributed by atoms with Crippen LogP contribution in [0.15, 0.2) is 11.6 Å². The maximum Gasteiger partial charge on any atom is 0.0594 e. The summed E-state index contributed by atoms with van der Waals surface area (Å²) in [6.45, 7) is 17.8. The quantitative estimate of drug-likeness (QED) is 0.424. The molecule has 0 bridgehead atoms. The van der Waals surface area contributed by atoms with Crippen molar-refractivity contribution in [3.63, 3.8) is 0 Å². The molecule has 32 heavy (non-hydrogen) atoms. The van der Waals surface area contributed by atoms with Crippen LogP contribution >= 0.6 is 0 Å². The third-order valence-corrected chi connectivity index (χ3v) is 13.0. The fourth-order valence-electron chi connectivity index (χ4n) is 10.9. The molecule has 4 fully saturated rings. The van der Waals surface area contributed by atoms with Crippen LogP contribution in [0.2, 0.25) is 0 Å². The standard InChI is InChI=1S/C30H50O2/c1-25(2)20-9-13-29(6)21-8-12-27(4)17-16-26(3,19-31)18-23(27)30(21,7)14-10-22(29)28(20,5)15-11-24(25)32/h8,20,22-24,31-32H,9-19H2,1-7H3/t20-,22+,23+,24-,26+,27-,28-,29-,30+/m0/s1. The Labute approximate surface area is 197 Å². The van der Waals surface area contributed by atoms with Gasteiger partial charge in [-0.2, -0.15) is 0 Å². The highest BCUT2D eigenvalue weighted by molar-refractivity contribution is 5.34. The molecule has 5 aliphatic carbocycles. The van der Waals surface area contributed by atoms with Gasteiger partial charge in [-0.25, -0.2) is 0 Å². The van der Waals surface area contributed by atoms with Gasteiger partial charge in [-0.3, -0.25) is 0 Å². The van der Waals surface area contributed by atoms with E-state index in [9.17, 15) is 10.2 Å². The highest BCUT2D eigenvalue weighted by Crippen LogP contribution is 2.74. The van der Waals surface area contributed by atoms with Crippen molar-refractivity contribution < 1.29 is 10.2 Å². The summed E-state index contributed by atoms with van der Waals surface area (Å²) in [4.78, 5) is 0. The van der Waals surface area contributed by atoms with Gasteiger partial charge >= 0.3 is 0 Å². The van der Waals surface area contributed by atoms with E-state index >= 15 is 0 Å². The predicted molar refractivity (Wildman–Crippen MR) is 132 cm³/mol. The van der Waals surface area contributed by atoms with Crippen LogP contribution in [-0.2, 0) is 0 Å². The first-order valence-corrected chi connectivity index (χ1v) is 13.8. The number of hydrogen-bond donors (Lipinski definition) is 2. The van der Waals surface area contributed by atoms with E-state index in [1.165, 1.54) is 57.8 Å². The van der Waals surface area contributed by atoms with Crippen LogP contribution in [0.25, 0.3) is 0 Å². The molecule has 9 atom stereocenters. The van der Waals surface area contributed by atoms with Crippen LogP contribution in [-0.4, -0.2) is 22.9 Å². The lowest BCUT2D eigenvalue weighted by molar-refractivity contribution is -0.184. The van der Waals surface area contributed by atoms with Crippen LogP contribution in [0.1, 0.15) is 113 Å². The van der Waals surface area contributed by atoms with Gasteiger partial charge in [0.05, 0.1) is 6.10 Å². The highest BCUT2D eigenvalue weighted by atomic mass is 16.3. The Morgan fingerprint density at radius 3 is 2.06 bits per heavy atom. The number of rotatable bonds is 1. The molecule has 4 saturated carbocycles. The molecular weight excluding hydrogens is 392 g/mol. The van der Waals surface area contributed by atoms with Gasteiger partial charge in [0.25, 0.3) is 0 Å². The molecule has 0 heterocycles. The summed E-state index contributed by atoms with van der Waals surface area (Å²) in [6, 6.07) is 0. The Morgan fingerprint density at radius 2 is 1.41 bits per heavy atom. The van der Waals surface area contributed by atoms with E-state index < -0.39 is 0 Å². The summed E-state index contributed by atoms with van der Waals surface area (Å²) in [5.74, 6) is 2.05. The van der Waals surface area contributed by atoms with Gasteiger partial charge in [-0.15, -0.1) is 0 Å². The molecule has 2 heteroatoms. The van der Waals surface area contributed by atoms with Crippen molar-refractivity contribution in [2.24, 2.45) is 50.2 Å². The normalized spacial score (nSPS) is 56.8. The summed E-state index contributed by atoms with van der Waals surface area (Å²) in [7, 11) is 0. The Bertz CT molecular complexity index is 814. The van der Waals surface area contributed by atoms with Crippen LogP contribution in [0.4, 0.5) is 0 Å². The largest absolute Gasteiger partial charge is 0.396 e. The smallest absolute Gasteiger partial charge is 0.0594 e. The first-order valence-electron chi connectivity index (χ1n) is 13.8. The van der Waals surface area contributed by atoms with E-state index in [2.05, 4.69) is 54.5 Å². The first kappa shape index (κ1) is 23.4. The molecule has 5 aliphatic rings. The molecular formula is C30H50O2. The molecule has 0 amide bonds. The molecule has 0 unspecified atom stereocenters. The molecule has 0 radical (unpaired) electrons. The van der Waals surface area contributed by atoms with E-state index in [1.807, 2.05) is 0 Å². The van der Waals surface area contributed by atoms with E-state index in [-0.39, 0.29) is 22.3 Å². The average molecular weight is 443 g/mol. The second-order valence-corrected chi connectivity index (χ2v) is 15.1. The minimum atomic E-state index is -0.146. The molecule has 5 rings (SSSR count). The second-order valence-electron chi connectivity index (χ2n) is 15.1. The number of aliphatic hydroxyl groups excluding tert-OH is 2. The molecule has 182 valence electrons. The van der Waals surface area contributed by atoms with Crippen molar-refractivity contribution in [3.05, 3.63) is 11.6 Å². The molecule has 0 aromatic heterocycles. The Kier molecular flexibility index (Phi) is 5.02. The Balaban J connectivity index is 1.55. The Morgan fingerprint density at radius 1 is 0.781 bits per heavy atom. The molecule has 2 N–H and O–H groups in total. The van der Waals surface area contributed by atoms with Gasteiger partial charge in [0, 0.05) is 6.61 Å². The zero-order chi connectivity index (χ0) is 23.4. The van der Waals surface area contributed by atoms with Crippen molar-refractivity contribution in [2.75, 3.05) is 6.61 Å². The van der Waals surface area contributed by atoms with Crippen LogP contribution in [0.3, 0.4) is 0 Å². The summed E-state index contributed by atoms with van der Waals surface area (Å²) in [6.07, 6.45) is 14.8. The van der Waals surface area contributed by atoms with Gasteiger partial charge in [-0.1, -0.05) is 60.1 Å². The van der Waals surface area contributed by atoms with Crippen molar-refractivity contribution in [2.45, 2.75) is 119 Å². The second kappa shape index (κ2) is 6.87. The number of hydrogen-bond acceptors (Lipinski definition) is 2. The van der Waals surface area contributed by atoms with Crippen LogP contribution < -0.4 is 0 Å². The van der Waals surface area contributed by atoms with Gasteiger partial charge in [0.15, 0.2) is 0 Å². The first-order chi connectivity index (χ1) is 14.8. The van der Waals surface area contributed by atoms with Crippen LogP contribution in [0.5, 0.6) is 0 Å². The van der Waals surface area contributed by atoms with Crippen molar-refractivity contribution in [3.8, 4) is 0 Å². The maximum atomic E-state index is 10.9. The van der Waals surface area contributed by atoms with Crippen molar-refractivity contribution in [1.82, 2.24) is 0 Å². The minimum absolute atomic E-state index is 0.0287. The van der Waals surface area contributed by atoms with Crippen molar-refractivity contribution >= 4 is 0 Å². The lowest BCUT2D eigenvalue weighted by Crippen LogP contribution is -2.63. The lowest BCUT2D eigenvalue weighted by atomic mass is 9.34. The zero-order valence-electron chi connectivity index (χ0n) is 22.1. The number of aliphatic hydroxyl groups is 2. The zero-order valence-corrected chi connectivity index (χ0v) is 22.1. The molecule has 0 aromatic rings. The van der Waals surface area contributed by atoms with E-state index in [0.29, 0.717) is 34.7 Å². The maximum absolute atomic E-state index is 10.9. The fourth-order valence-corrected chi connectivity index (χ4v) is 10.9. The van der Waals surface area contributed by atoms with Crippen LogP contribution in [0, 0.1) is 50.2 Å². The van der Waals surface area contributed by atoms with E-state index in [0.717, 1.165) is 12.3 Å². The summed E-state index contributed by atoms with van der Waals surface area (Å²) in [5, 5.41) is 21.1. The van der Waals surface area contributed by atoms with Gasteiger partial charge in [0.2, 0.25) is 0 Å². The fraction of sp³-hybridized carbons (Fsp3) is 0.933. The van der Waals surface area contributed by atoms with E-state index in [4.69, 9.17) is 0 Å². The SMILES string of the molecule is CC1(C)[C@@H](O)CC[C@]2(C)[C@H]3CC[C@]4(C)C(=CC[C@@]5(C)CC[C@@](C)(CO)C[C@H]54)[C@]3(C)CC[C@@H]12.